The normalized spacial score (nSPS) is 13.2. The van der Waals surface area contributed by atoms with Crippen molar-refractivity contribution in [1.29, 1.82) is 0 Å². The van der Waals surface area contributed by atoms with E-state index in [0.717, 1.165) is 5.56 Å². The van der Waals surface area contributed by atoms with E-state index < -0.39 is 60.4 Å². The number of esters is 4. The summed E-state index contributed by atoms with van der Waals surface area (Å²) in [6.07, 6.45) is 3.55. The smallest absolute Gasteiger partial charge is 0.326 e. The summed E-state index contributed by atoms with van der Waals surface area (Å²) in [5.74, 6) is -2.51. The number of carbonyl (C=O) groups is 4. The van der Waals surface area contributed by atoms with Crippen molar-refractivity contribution in [3.05, 3.63) is 52.0 Å². The molecule has 0 bridgehead atoms. The summed E-state index contributed by atoms with van der Waals surface area (Å²) < 4.78 is 22.6. The Hall–Kier alpha value is -3.15. The van der Waals surface area contributed by atoms with Crippen molar-refractivity contribution in [3.8, 4) is 0 Å². The average Bonchev–Trinajstić information content (AvgIpc) is 3.31. The summed E-state index contributed by atoms with van der Waals surface area (Å²) in [5.41, 5.74) is -0.110. The van der Waals surface area contributed by atoms with Gasteiger partial charge in [0.1, 0.15) is 12.1 Å². The monoisotopic (exact) mass is 655 g/mol. The van der Waals surface area contributed by atoms with Crippen molar-refractivity contribution in [2.45, 2.75) is 86.9 Å². The third kappa shape index (κ3) is 12.5. The van der Waals surface area contributed by atoms with E-state index in [-0.39, 0.29) is 12.3 Å². The minimum atomic E-state index is -1.07. The van der Waals surface area contributed by atoms with Crippen LogP contribution in [0, 0.1) is 16.7 Å². The molecule has 2 rings (SSSR count). The molecule has 0 unspecified atom stereocenters. The van der Waals surface area contributed by atoms with Crippen molar-refractivity contribution in [2.75, 3.05) is 13.6 Å². The number of ether oxygens (including phenoxy) is 4. The molecule has 13 heteroatoms. The van der Waals surface area contributed by atoms with Gasteiger partial charge in [-0.15, -0.1) is 0 Å². The SMILES string of the molecule is CC(C)C[C@H](N[C@@H](Cc1cncn1Cc1cc(Cl)cc(Cl)c1)C(=O)OCOC(=O)C(C)(C)C)C(=O)OCOC(=O)C(C)(C)C. The van der Waals surface area contributed by atoms with Crippen LogP contribution >= 0.6 is 23.2 Å². The van der Waals surface area contributed by atoms with Crippen molar-refractivity contribution >= 4 is 47.1 Å². The molecule has 1 aromatic carbocycles. The van der Waals surface area contributed by atoms with Crippen LogP contribution in [0.4, 0.5) is 0 Å². The molecular formula is C31H43Cl2N3O8. The third-order valence-corrected chi connectivity index (χ3v) is 6.61. The number of rotatable bonds is 14. The summed E-state index contributed by atoms with van der Waals surface area (Å²) in [6, 6.07) is 3.14. The van der Waals surface area contributed by atoms with Crippen molar-refractivity contribution in [2.24, 2.45) is 16.7 Å². The van der Waals surface area contributed by atoms with E-state index in [0.29, 0.717) is 28.7 Å². The number of nitrogens with zero attached hydrogens (tertiary/aromatic N) is 2. The second-order valence-electron chi connectivity index (χ2n) is 12.9. The van der Waals surface area contributed by atoms with Gasteiger partial charge in [-0.2, -0.15) is 0 Å². The predicted octanol–water partition coefficient (Wildman–Crippen LogP) is 5.33. The zero-order valence-electron chi connectivity index (χ0n) is 26.6. The zero-order chi connectivity index (χ0) is 33.2. The first-order chi connectivity index (χ1) is 20.4. The summed E-state index contributed by atoms with van der Waals surface area (Å²) in [6.45, 7) is 13.1. The van der Waals surface area contributed by atoms with Crippen LogP contribution < -0.4 is 5.32 Å². The van der Waals surface area contributed by atoms with Crippen molar-refractivity contribution in [1.82, 2.24) is 14.9 Å². The van der Waals surface area contributed by atoms with Gasteiger partial charge in [-0.1, -0.05) is 37.0 Å². The molecule has 0 aliphatic heterocycles. The Bertz CT molecular complexity index is 1280. The Labute approximate surface area is 268 Å². The standard InChI is InChI=1S/C31H43Cl2N3O8/c1-19(2)9-24(26(37)41-17-43-28(39)30(3,4)5)35-25(27(38)42-18-44-29(40)31(6,7)8)13-23-14-34-16-36(23)15-20-10-21(32)12-22(33)11-20/h10-12,14,16,19,24-25,35H,9,13,15,17-18H2,1-8H3/t24-,25-/m0/s1. The fraction of sp³-hybridized carbons (Fsp3) is 0.581. The van der Waals surface area contributed by atoms with Crippen LogP contribution in [0.2, 0.25) is 10.0 Å². The van der Waals surface area contributed by atoms with Crippen molar-refractivity contribution in [3.63, 3.8) is 0 Å². The molecule has 2 aromatic rings. The molecule has 0 amide bonds. The number of hydrogen-bond acceptors (Lipinski definition) is 10. The first-order valence-corrected chi connectivity index (χ1v) is 15.0. The van der Waals surface area contributed by atoms with Crippen LogP contribution in [0.5, 0.6) is 0 Å². The zero-order valence-corrected chi connectivity index (χ0v) is 28.1. The van der Waals surface area contributed by atoms with Gasteiger partial charge in [-0.25, -0.2) is 4.98 Å². The maximum absolute atomic E-state index is 13.4. The van der Waals surface area contributed by atoms with Gasteiger partial charge in [-0.3, -0.25) is 24.5 Å². The van der Waals surface area contributed by atoms with Crippen LogP contribution in [-0.2, 0) is 51.1 Å². The molecule has 11 nitrogen and oxygen atoms in total. The second-order valence-corrected chi connectivity index (χ2v) is 13.8. The molecule has 0 radical (unpaired) electrons. The van der Waals surface area contributed by atoms with Gasteiger partial charge < -0.3 is 23.5 Å². The summed E-state index contributed by atoms with van der Waals surface area (Å²) in [5, 5.41) is 4.01. The number of benzene rings is 1. The summed E-state index contributed by atoms with van der Waals surface area (Å²) in [4.78, 5) is 55.0. The number of hydrogen-bond donors (Lipinski definition) is 1. The quantitative estimate of drug-likeness (QED) is 0.210. The van der Waals surface area contributed by atoms with E-state index >= 15 is 0 Å². The van der Waals surface area contributed by atoms with Crippen LogP contribution in [0.3, 0.4) is 0 Å². The Balaban J connectivity index is 2.27. The van der Waals surface area contributed by atoms with E-state index in [4.69, 9.17) is 42.1 Å². The number of imidazole rings is 1. The number of halogens is 2. The fourth-order valence-electron chi connectivity index (χ4n) is 3.84. The molecule has 0 fully saturated rings. The molecule has 2 atom stereocenters. The highest BCUT2D eigenvalue weighted by Gasteiger charge is 2.32. The van der Waals surface area contributed by atoms with Gasteiger partial charge in [0, 0.05) is 34.9 Å². The molecule has 1 N–H and O–H groups in total. The fourth-order valence-corrected chi connectivity index (χ4v) is 4.41. The highest BCUT2D eigenvalue weighted by Crippen LogP contribution is 2.21. The van der Waals surface area contributed by atoms with E-state index in [2.05, 4.69) is 10.3 Å². The number of aromatic nitrogens is 2. The highest BCUT2D eigenvalue weighted by molar-refractivity contribution is 6.34. The van der Waals surface area contributed by atoms with E-state index in [1.165, 1.54) is 0 Å². The number of carbonyl (C=O) groups excluding carboxylic acids is 4. The topological polar surface area (TPSA) is 135 Å². The third-order valence-electron chi connectivity index (χ3n) is 6.17. The van der Waals surface area contributed by atoms with Gasteiger partial charge in [0.15, 0.2) is 0 Å². The molecule has 0 saturated carbocycles. The first-order valence-electron chi connectivity index (χ1n) is 14.2. The maximum atomic E-state index is 13.4. The van der Waals surface area contributed by atoms with Crippen LogP contribution in [0.15, 0.2) is 30.7 Å². The van der Waals surface area contributed by atoms with Gasteiger partial charge in [0.05, 0.1) is 17.2 Å². The molecular weight excluding hydrogens is 613 g/mol. The second kappa shape index (κ2) is 16.2. The molecule has 1 aromatic heterocycles. The Morgan fingerprint density at radius 1 is 0.818 bits per heavy atom. The van der Waals surface area contributed by atoms with E-state index in [1.54, 1.807) is 72.3 Å². The summed E-state index contributed by atoms with van der Waals surface area (Å²) >= 11 is 12.3. The lowest BCUT2D eigenvalue weighted by Gasteiger charge is -2.25. The van der Waals surface area contributed by atoms with Crippen LogP contribution in [0.1, 0.15) is 73.1 Å². The Morgan fingerprint density at radius 3 is 1.80 bits per heavy atom. The van der Waals surface area contributed by atoms with Crippen LogP contribution in [-0.4, -0.2) is 59.1 Å². The summed E-state index contributed by atoms with van der Waals surface area (Å²) in [7, 11) is 0. The highest BCUT2D eigenvalue weighted by atomic mass is 35.5. The maximum Gasteiger partial charge on any atom is 0.326 e. The molecule has 1 heterocycles. The predicted molar refractivity (Wildman–Crippen MR) is 165 cm³/mol. The number of nitrogens with one attached hydrogen (secondary N) is 1. The van der Waals surface area contributed by atoms with Gasteiger partial charge in [0.2, 0.25) is 13.6 Å². The molecule has 244 valence electrons. The first kappa shape index (κ1) is 37.0. The molecule has 0 saturated heterocycles. The van der Waals surface area contributed by atoms with Crippen LogP contribution in [0.25, 0.3) is 0 Å². The van der Waals surface area contributed by atoms with Gasteiger partial charge >= 0.3 is 23.9 Å². The van der Waals surface area contributed by atoms with E-state index in [9.17, 15) is 19.2 Å². The van der Waals surface area contributed by atoms with E-state index in [1.807, 2.05) is 18.4 Å². The van der Waals surface area contributed by atoms with Gasteiger partial charge in [0.25, 0.3) is 0 Å². The minimum Gasteiger partial charge on any atom is -0.427 e. The molecule has 0 aliphatic carbocycles. The largest absolute Gasteiger partial charge is 0.427 e. The lowest BCUT2D eigenvalue weighted by molar-refractivity contribution is -0.175. The molecule has 0 aliphatic rings. The average molecular weight is 657 g/mol. The Morgan fingerprint density at radius 2 is 1.32 bits per heavy atom. The lowest BCUT2D eigenvalue weighted by atomic mass is 9.97. The minimum absolute atomic E-state index is 0.0275. The van der Waals surface area contributed by atoms with Gasteiger partial charge in [-0.05, 0) is 77.6 Å². The molecule has 0 spiro atoms. The lowest BCUT2D eigenvalue weighted by Crippen LogP contribution is -2.50. The molecule has 44 heavy (non-hydrogen) atoms. The van der Waals surface area contributed by atoms with Crippen molar-refractivity contribution < 1.29 is 38.1 Å². The Kier molecular flexibility index (Phi) is 13.7.